The van der Waals surface area contributed by atoms with E-state index in [2.05, 4.69) is 25.5 Å². The van der Waals surface area contributed by atoms with Gasteiger partial charge in [0.2, 0.25) is 11.9 Å². The first kappa shape index (κ1) is 21.7. The van der Waals surface area contributed by atoms with Crippen LogP contribution in [0.15, 0.2) is 42.7 Å². The number of rotatable bonds is 5. The molecule has 2 atom stereocenters. The summed E-state index contributed by atoms with van der Waals surface area (Å²) in [5.41, 5.74) is 1.40. The van der Waals surface area contributed by atoms with Crippen molar-refractivity contribution in [1.29, 1.82) is 0 Å². The van der Waals surface area contributed by atoms with Crippen molar-refractivity contribution >= 4 is 23.6 Å². The van der Waals surface area contributed by atoms with Gasteiger partial charge in [-0.3, -0.25) is 4.79 Å². The maximum absolute atomic E-state index is 13.6. The van der Waals surface area contributed by atoms with Crippen LogP contribution in [0.1, 0.15) is 31.2 Å². The van der Waals surface area contributed by atoms with Crippen LogP contribution in [0, 0.1) is 24.2 Å². The SMILES string of the molecule is Cc1ccc(NC(=O)N2CCC[C@]3(C(=O)NCC4CC4)CN(c4ncccn4)C[C@@H]3C2)cc1. The van der Waals surface area contributed by atoms with E-state index in [9.17, 15) is 9.59 Å². The molecule has 3 amide bonds. The molecule has 8 nitrogen and oxygen atoms in total. The molecule has 5 rings (SSSR count). The molecule has 0 bridgehead atoms. The van der Waals surface area contributed by atoms with Crippen molar-refractivity contribution in [2.45, 2.75) is 32.6 Å². The number of hydrogen-bond donors (Lipinski definition) is 2. The number of benzene rings is 1. The first-order chi connectivity index (χ1) is 16.0. The third-order valence-electron chi connectivity index (χ3n) is 7.31. The molecule has 0 radical (unpaired) electrons. The van der Waals surface area contributed by atoms with Gasteiger partial charge in [-0.05, 0) is 56.7 Å². The average molecular weight is 449 g/mol. The van der Waals surface area contributed by atoms with Gasteiger partial charge >= 0.3 is 6.03 Å². The van der Waals surface area contributed by atoms with E-state index in [1.807, 2.05) is 36.1 Å². The predicted molar refractivity (Wildman–Crippen MR) is 127 cm³/mol. The molecular weight excluding hydrogens is 416 g/mol. The molecule has 2 aromatic rings. The molecule has 174 valence electrons. The van der Waals surface area contributed by atoms with Gasteiger partial charge in [0.25, 0.3) is 0 Å². The molecule has 1 aromatic heterocycles. The minimum Gasteiger partial charge on any atom is -0.355 e. The number of likely N-dealkylation sites (tertiary alicyclic amines) is 1. The van der Waals surface area contributed by atoms with E-state index >= 15 is 0 Å². The molecule has 1 aromatic carbocycles. The standard InChI is InChI=1S/C25H32N6O2/c1-18-4-8-21(9-5-18)29-24(33)30-13-2-10-25(22(32)28-14-19-6-7-19)17-31(16-20(25)15-30)23-26-11-3-12-27-23/h3-5,8-9,11-12,19-20H,2,6-7,10,13-17H2,1H3,(H,28,32)(H,29,33)/t20-,25-/m0/s1. The minimum atomic E-state index is -0.535. The number of carbonyl (C=O) groups is 2. The van der Waals surface area contributed by atoms with Gasteiger partial charge in [0.05, 0.1) is 5.41 Å². The van der Waals surface area contributed by atoms with Gasteiger partial charge < -0.3 is 20.4 Å². The Labute approximate surface area is 194 Å². The largest absolute Gasteiger partial charge is 0.355 e. The summed E-state index contributed by atoms with van der Waals surface area (Å²) < 4.78 is 0. The van der Waals surface area contributed by atoms with Crippen LogP contribution in [0.3, 0.4) is 0 Å². The second-order valence-corrected chi connectivity index (χ2v) is 9.78. The number of anilines is 2. The Balaban J connectivity index is 1.35. The second kappa shape index (κ2) is 9.00. The molecule has 3 heterocycles. The first-order valence-corrected chi connectivity index (χ1v) is 12.0. The maximum Gasteiger partial charge on any atom is 0.321 e. The van der Waals surface area contributed by atoms with Crippen molar-refractivity contribution in [1.82, 2.24) is 20.2 Å². The van der Waals surface area contributed by atoms with Crippen LogP contribution in [0.5, 0.6) is 0 Å². The van der Waals surface area contributed by atoms with Crippen LogP contribution >= 0.6 is 0 Å². The highest BCUT2D eigenvalue weighted by molar-refractivity contribution is 5.90. The Bertz CT molecular complexity index is 994. The lowest BCUT2D eigenvalue weighted by Gasteiger charge is -2.32. The Morgan fingerprint density at radius 3 is 2.61 bits per heavy atom. The number of fused-ring (bicyclic) bond motifs is 1. The van der Waals surface area contributed by atoms with Crippen LogP contribution in [-0.2, 0) is 4.79 Å². The van der Waals surface area contributed by atoms with Crippen molar-refractivity contribution in [3.63, 3.8) is 0 Å². The van der Waals surface area contributed by atoms with Gasteiger partial charge in [-0.25, -0.2) is 14.8 Å². The highest BCUT2D eigenvalue weighted by Gasteiger charge is 2.54. The van der Waals surface area contributed by atoms with Crippen molar-refractivity contribution < 1.29 is 9.59 Å². The van der Waals surface area contributed by atoms with Gasteiger partial charge in [0.15, 0.2) is 0 Å². The highest BCUT2D eigenvalue weighted by Crippen LogP contribution is 2.44. The molecule has 3 aliphatic rings. The Morgan fingerprint density at radius 1 is 1.12 bits per heavy atom. The number of urea groups is 1. The van der Waals surface area contributed by atoms with E-state index in [-0.39, 0.29) is 17.9 Å². The molecule has 0 spiro atoms. The molecule has 2 N–H and O–H groups in total. The zero-order valence-corrected chi connectivity index (χ0v) is 19.2. The topological polar surface area (TPSA) is 90.5 Å². The summed E-state index contributed by atoms with van der Waals surface area (Å²) in [7, 11) is 0. The fraction of sp³-hybridized carbons (Fsp3) is 0.520. The van der Waals surface area contributed by atoms with Crippen molar-refractivity contribution in [2.75, 3.05) is 42.9 Å². The average Bonchev–Trinajstić information content (AvgIpc) is 3.62. The second-order valence-electron chi connectivity index (χ2n) is 9.78. The molecule has 1 saturated carbocycles. The zero-order valence-electron chi connectivity index (χ0n) is 19.2. The van der Waals surface area contributed by atoms with Crippen molar-refractivity contribution in [2.24, 2.45) is 17.3 Å². The molecule has 2 aliphatic heterocycles. The zero-order chi connectivity index (χ0) is 22.8. The van der Waals surface area contributed by atoms with Crippen LogP contribution in [-0.4, -0.2) is 59.5 Å². The smallest absolute Gasteiger partial charge is 0.321 e. The third kappa shape index (κ3) is 4.65. The van der Waals surface area contributed by atoms with Gasteiger partial charge in [0, 0.05) is 56.7 Å². The number of nitrogens with one attached hydrogen (secondary N) is 2. The molecule has 0 unspecified atom stereocenters. The van der Waals surface area contributed by atoms with Gasteiger partial charge in [-0.15, -0.1) is 0 Å². The summed E-state index contributed by atoms with van der Waals surface area (Å²) in [6.07, 6.45) is 7.42. The van der Waals surface area contributed by atoms with E-state index in [4.69, 9.17) is 0 Å². The molecule has 2 saturated heterocycles. The molecule has 3 fully saturated rings. The number of aryl methyl sites for hydroxylation is 1. The molecule has 33 heavy (non-hydrogen) atoms. The van der Waals surface area contributed by atoms with E-state index in [0.29, 0.717) is 38.0 Å². The summed E-state index contributed by atoms with van der Waals surface area (Å²) in [5, 5.41) is 6.27. The van der Waals surface area contributed by atoms with E-state index in [0.717, 1.165) is 30.6 Å². The van der Waals surface area contributed by atoms with E-state index in [1.165, 1.54) is 12.8 Å². The number of nitrogens with zero attached hydrogens (tertiary/aromatic N) is 4. The highest BCUT2D eigenvalue weighted by atomic mass is 16.2. The lowest BCUT2D eigenvalue weighted by atomic mass is 9.74. The number of carbonyl (C=O) groups excluding carboxylic acids is 2. The number of hydrogen-bond acceptors (Lipinski definition) is 5. The summed E-state index contributed by atoms with van der Waals surface area (Å²) in [4.78, 5) is 39.5. The fourth-order valence-corrected chi connectivity index (χ4v) is 5.17. The van der Waals surface area contributed by atoms with Crippen LogP contribution in [0.2, 0.25) is 0 Å². The van der Waals surface area contributed by atoms with Crippen LogP contribution in [0.25, 0.3) is 0 Å². The maximum atomic E-state index is 13.6. The third-order valence-corrected chi connectivity index (χ3v) is 7.31. The lowest BCUT2D eigenvalue weighted by molar-refractivity contribution is -0.132. The van der Waals surface area contributed by atoms with Gasteiger partial charge in [-0.1, -0.05) is 17.7 Å². The summed E-state index contributed by atoms with van der Waals surface area (Å²) in [5.74, 6) is 1.42. The fourth-order valence-electron chi connectivity index (χ4n) is 5.17. The molecule has 1 aliphatic carbocycles. The minimum absolute atomic E-state index is 0.0202. The summed E-state index contributed by atoms with van der Waals surface area (Å²) >= 11 is 0. The van der Waals surface area contributed by atoms with Crippen molar-refractivity contribution in [3.05, 3.63) is 48.3 Å². The Morgan fingerprint density at radius 2 is 1.88 bits per heavy atom. The van der Waals surface area contributed by atoms with Gasteiger partial charge in [0.1, 0.15) is 0 Å². The summed E-state index contributed by atoms with van der Waals surface area (Å²) in [6, 6.07) is 9.51. The van der Waals surface area contributed by atoms with Crippen LogP contribution < -0.4 is 15.5 Å². The van der Waals surface area contributed by atoms with E-state index in [1.54, 1.807) is 18.5 Å². The Hall–Kier alpha value is -3.16. The molecule has 8 heteroatoms. The van der Waals surface area contributed by atoms with Crippen LogP contribution in [0.4, 0.5) is 16.4 Å². The number of aromatic nitrogens is 2. The van der Waals surface area contributed by atoms with Gasteiger partial charge in [-0.2, -0.15) is 0 Å². The lowest BCUT2D eigenvalue weighted by Crippen LogP contribution is -2.49. The Kier molecular flexibility index (Phi) is 5.91. The first-order valence-electron chi connectivity index (χ1n) is 12.0. The molecular formula is C25H32N6O2. The quantitative estimate of drug-likeness (QED) is 0.734. The monoisotopic (exact) mass is 448 g/mol. The number of amides is 3. The van der Waals surface area contributed by atoms with Crippen molar-refractivity contribution in [3.8, 4) is 0 Å². The summed E-state index contributed by atoms with van der Waals surface area (Å²) in [6.45, 7) is 5.22. The predicted octanol–water partition coefficient (Wildman–Crippen LogP) is 3.06. The normalized spacial score (nSPS) is 24.7. The van der Waals surface area contributed by atoms with E-state index < -0.39 is 5.41 Å².